The Morgan fingerprint density at radius 3 is 2.81 bits per heavy atom. The van der Waals surface area contributed by atoms with Crippen molar-refractivity contribution in [1.82, 2.24) is 15.5 Å². The Labute approximate surface area is 185 Å². The van der Waals surface area contributed by atoms with Gasteiger partial charge in [-0.3, -0.25) is 9.69 Å². The zero-order chi connectivity index (χ0) is 22.3. The van der Waals surface area contributed by atoms with Gasteiger partial charge in [-0.05, 0) is 48.9 Å². The molecule has 9 heteroatoms. The first-order valence-electron chi connectivity index (χ1n) is 10.5. The van der Waals surface area contributed by atoms with E-state index in [2.05, 4.69) is 15.5 Å². The number of anilines is 1. The van der Waals surface area contributed by atoms with Crippen molar-refractivity contribution in [2.75, 3.05) is 24.7 Å². The second-order valence-electron chi connectivity index (χ2n) is 7.18. The molecule has 1 aromatic heterocycles. The molecule has 9 nitrogen and oxygen atoms in total. The molecule has 0 bridgehead atoms. The van der Waals surface area contributed by atoms with Crippen molar-refractivity contribution in [3.63, 3.8) is 0 Å². The third-order valence-corrected chi connectivity index (χ3v) is 4.93. The fraction of sp³-hybridized carbons (Fsp3) is 0.304. The van der Waals surface area contributed by atoms with Crippen LogP contribution in [0.25, 0.3) is 11.4 Å². The second-order valence-corrected chi connectivity index (χ2v) is 7.18. The number of carbonyl (C=O) groups excluding carboxylic acids is 2. The van der Waals surface area contributed by atoms with Crippen LogP contribution in [-0.4, -0.2) is 41.9 Å². The van der Waals surface area contributed by atoms with Gasteiger partial charge in [0.05, 0.1) is 13.2 Å². The van der Waals surface area contributed by atoms with Gasteiger partial charge in [0.1, 0.15) is 12.4 Å². The predicted molar refractivity (Wildman–Crippen MR) is 116 cm³/mol. The van der Waals surface area contributed by atoms with E-state index in [1.54, 1.807) is 4.90 Å². The first kappa shape index (κ1) is 21.4. The van der Waals surface area contributed by atoms with Gasteiger partial charge in [-0.25, -0.2) is 4.79 Å². The van der Waals surface area contributed by atoms with Crippen molar-refractivity contribution in [3.05, 3.63) is 60.0 Å². The number of nitrogens with zero attached hydrogens (tertiary/aromatic N) is 3. The number of hydrogen-bond acceptors (Lipinski definition) is 7. The molecule has 1 saturated heterocycles. The van der Waals surface area contributed by atoms with E-state index in [9.17, 15) is 9.59 Å². The number of amides is 2. The third-order valence-electron chi connectivity index (χ3n) is 4.93. The van der Waals surface area contributed by atoms with Crippen molar-refractivity contribution < 1.29 is 23.6 Å². The summed E-state index contributed by atoms with van der Waals surface area (Å²) in [6.45, 7) is 3.80. The molecule has 0 atom stereocenters. The van der Waals surface area contributed by atoms with E-state index in [0.29, 0.717) is 44.4 Å². The molecule has 3 aromatic rings. The van der Waals surface area contributed by atoms with E-state index < -0.39 is 0 Å². The van der Waals surface area contributed by atoms with E-state index in [1.807, 2.05) is 55.5 Å². The van der Waals surface area contributed by atoms with Crippen molar-refractivity contribution in [1.29, 1.82) is 0 Å². The molecule has 1 aliphatic rings. The number of hydrogen-bond donors (Lipinski definition) is 1. The summed E-state index contributed by atoms with van der Waals surface area (Å²) in [5.74, 6) is 1.53. The molecule has 166 valence electrons. The maximum Gasteiger partial charge on any atom is 0.414 e. The minimum absolute atomic E-state index is 0.128. The number of aromatic nitrogens is 2. The molecule has 2 aromatic carbocycles. The fourth-order valence-corrected chi connectivity index (χ4v) is 3.31. The van der Waals surface area contributed by atoms with Crippen LogP contribution in [-0.2, 0) is 22.5 Å². The normalized spacial score (nSPS) is 13.2. The summed E-state index contributed by atoms with van der Waals surface area (Å²) in [6, 6.07) is 14.9. The number of rotatable bonds is 9. The summed E-state index contributed by atoms with van der Waals surface area (Å²) < 4.78 is 15.7. The van der Waals surface area contributed by atoms with Gasteiger partial charge in [0, 0.05) is 30.6 Å². The molecule has 32 heavy (non-hydrogen) atoms. The van der Waals surface area contributed by atoms with Crippen LogP contribution in [0, 0.1) is 0 Å². The quantitative estimate of drug-likeness (QED) is 0.548. The minimum Gasteiger partial charge on any atom is -0.494 e. The molecular weight excluding hydrogens is 412 g/mol. The molecule has 0 spiro atoms. The smallest absolute Gasteiger partial charge is 0.414 e. The van der Waals surface area contributed by atoms with Crippen LogP contribution in [0.2, 0.25) is 0 Å². The molecule has 2 amide bonds. The van der Waals surface area contributed by atoms with Gasteiger partial charge >= 0.3 is 6.09 Å². The Morgan fingerprint density at radius 2 is 2.06 bits per heavy atom. The molecule has 0 radical (unpaired) electrons. The van der Waals surface area contributed by atoms with E-state index in [-0.39, 0.29) is 18.4 Å². The van der Waals surface area contributed by atoms with Crippen LogP contribution in [0.4, 0.5) is 10.5 Å². The SMILES string of the molecule is CCOc1ccc(-c2noc(CCC(=O)NCc3cccc(N4CCOC4=O)c3)n2)cc1. The van der Waals surface area contributed by atoms with Crippen LogP contribution in [0.5, 0.6) is 5.75 Å². The van der Waals surface area contributed by atoms with Gasteiger partial charge in [0.2, 0.25) is 17.6 Å². The van der Waals surface area contributed by atoms with Gasteiger partial charge in [-0.2, -0.15) is 4.98 Å². The Hall–Kier alpha value is -3.88. The van der Waals surface area contributed by atoms with Crippen LogP contribution in [0.15, 0.2) is 53.1 Å². The molecule has 0 aliphatic carbocycles. The van der Waals surface area contributed by atoms with Crippen LogP contribution < -0.4 is 15.0 Å². The zero-order valence-corrected chi connectivity index (χ0v) is 17.7. The molecule has 1 fully saturated rings. The monoisotopic (exact) mass is 436 g/mol. The molecule has 1 N–H and O–H groups in total. The molecule has 0 unspecified atom stereocenters. The molecule has 4 rings (SSSR count). The van der Waals surface area contributed by atoms with Crippen LogP contribution >= 0.6 is 0 Å². The maximum absolute atomic E-state index is 12.3. The zero-order valence-electron chi connectivity index (χ0n) is 17.7. The van der Waals surface area contributed by atoms with Gasteiger partial charge in [0.15, 0.2) is 0 Å². The summed E-state index contributed by atoms with van der Waals surface area (Å²) in [7, 11) is 0. The summed E-state index contributed by atoms with van der Waals surface area (Å²) in [5.41, 5.74) is 2.47. The number of ether oxygens (including phenoxy) is 2. The summed E-state index contributed by atoms with van der Waals surface area (Å²) >= 11 is 0. The second kappa shape index (κ2) is 9.95. The van der Waals surface area contributed by atoms with E-state index in [1.165, 1.54) is 0 Å². The average Bonchev–Trinajstić information content (AvgIpc) is 3.46. The van der Waals surface area contributed by atoms with Crippen LogP contribution in [0.1, 0.15) is 24.8 Å². The molecular formula is C23H24N4O5. The van der Waals surface area contributed by atoms with E-state index in [0.717, 1.165) is 22.6 Å². The lowest BCUT2D eigenvalue weighted by Crippen LogP contribution is -2.25. The van der Waals surface area contributed by atoms with Gasteiger partial charge in [0.25, 0.3) is 0 Å². The standard InChI is InChI=1S/C23H24N4O5/c1-2-30-19-8-6-17(7-9-19)22-25-21(32-26-22)11-10-20(28)24-15-16-4-3-5-18(14-16)27-12-13-31-23(27)29/h3-9,14H,2,10-13,15H2,1H3,(H,24,28). The maximum atomic E-state index is 12.3. The number of carbonyl (C=O) groups is 2. The Bertz CT molecular complexity index is 1080. The predicted octanol–water partition coefficient (Wildman–Crippen LogP) is 3.34. The summed E-state index contributed by atoms with van der Waals surface area (Å²) in [5, 5.41) is 6.86. The highest BCUT2D eigenvalue weighted by Gasteiger charge is 2.23. The van der Waals surface area contributed by atoms with E-state index >= 15 is 0 Å². The molecule has 2 heterocycles. The van der Waals surface area contributed by atoms with Crippen molar-refractivity contribution in [2.45, 2.75) is 26.3 Å². The minimum atomic E-state index is -0.352. The number of benzene rings is 2. The summed E-state index contributed by atoms with van der Waals surface area (Å²) in [4.78, 5) is 29.9. The first-order chi connectivity index (χ1) is 15.6. The van der Waals surface area contributed by atoms with E-state index in [4.69, 9.17) is 14.0 Å². The highest BCUT2D eigenvalue weighted by atomic mass is 16.6. The Morgan fingerprint density at radius 1 is 1.22 bits per heavy atom. The number of cyclic esters (lactones) is 1. The largest absolute Gasteiger partial charge is 0.494 e. The van der Waals surface area contributed by atoms with Crippen molar-refractivity contribution in [3.8, 4) is 17.1 Å². The van der Waals surface area contributed by atoms with Crippen molar-refractivity contribution in [2.24, 2.45) is 0 Å². The van der Waals surface area contributed by atoms with Crippen LogP contribution in [0.3, 0.4) is 0 Å². The Kier molecular flexibility index (Phi) is 6.64. The van der Waals surface area contributed by atoms with Gasteiger partial charge < -0.3 is 19.3 Å². The molecule has 1 aliphatic heterocycles. The fourth-order valence-electron chi connectivity index (χ4n) is 3.31. The number of aryl methyl sites for hydroxylation is 1. The lowest BCUT2D eigenvalue weighted by Gasteiger charge is -2.14. The number of nitrogens with one attached hydrogen (secondary N) is 1. The lowest BCUT2D eigenvalue weighted by molar-refractivity contribution is -0.121. The topological polar surface area (TPSA) is 107 Å². The highest BCUT2D eigenvalue weighted by Crippen LogP contribution is 2.21. The van der Waals surface area contributed by atoms with Crippen molar-refractivity contribution >= 4 is 17.7 Å². The lowest BCUT2D eigenvalue weighted by atomic mass is 10.2. The average molecular weight is 436 g/mol. The Balaban J connectivity index is 1.26. The van der Waals surface area contributed by atoms with Gasteiger partial charge in [-0.15, -0.1) is 0 Å². The highest BCUT2D eigenvalue weighted by molar-refractivity contribution is 5.89. The first-order valence-corrected chi connectivity index (χ1v) is 10.5. The van der Waals surface area contributed by atoms with Gasteiger partial charge in [-0.1, -0.05) is 17.3 Å². The summed E-state index contributed by atoms with van der Waals surface area (Å²) in [6.07, 6.45) is 0.216. The molecule has 0 saturated carbocycles. The third kappa shape index (κ3) is 5.23.